The van der Waals surface area contributed by atoms with Gasteiger partial charge < -0.3 is 10.4 Å². The van der Waals surface area contributed by atoms with Gasteiger partial charge in [-0.3, -0.25) is 0 Å². The number of nitrogens with zero attached hydrogens (tertiary/aromatic N) is 1. The number of nitrogens with one attached hydrogen (secondary N) is 1. The van der Waals surface area contributed by atoms with E-state index in [1.54, 1.807) is 11.3 Å². The van der Waals surface area contributed by atoms with E-state index in [4.69, 9.17) is 0 Å². The van der Waals surface area contributed by atoms with Crippen LogP contribution in [-0.4, -0.2) is 16.6 Å². The molecule has 3 nitrogen and oxygen atoms in total. The second kappa shape index (κ2) is 7.51. The number of hydrogen-bond acceptors (Lipinski definition) is 4. The molecule has 0 amide bonds. The first-order valence-electron chi connectivity index (χ1n) is 7.68. The summed E-state index contributed by atoms with van der Waals surface area (Å²) >= 11 is 1.68. The number of aromatic nitrogens is 1. The Kier molecular flexibility index (Phi) is 5.18. The minimum atomic E-state index is -0.488. The van der Waals surface area contributed by atoms with E-state index in [0.29, 0.717) is 13.1 Å². The Bertz CT molecular complexity index is 755. The molecule has 0 bridgehead atoms. The summed E-state index contributed by atoms with van der Waals surface area (Å²) < 4.78 is 0. The highest BCUT2D eigenvalue weighted by atomic mass is 32.1. The van der Waals surface area contributed by atoms with Gasteiger partial charge in [-0.15, -0.1) is 11.3 Å². The maximum atomic E-state index is 10.3. The van der Waals surface area contributed by atoms with E-state index >= 15 is 0 Å². The average molecular weight is 324 g/mol. The molecule has 0 aliphatic carbocycles. The van der Waals surface area contributed by atoms with Crippen LogP contribution in [0, 0.1) is 6.92 Å². The van der Waals surface area contributed by atoms with Crippen molar-refractivity contribution in [1.82, 2.24) is 10.3 Å². The quantitative estimate of drug-likeness (QED) is 0.722. The lowest BCUT2D eigenvalue weighted by molar-refractivity contribution is 0.174. The van der Waals surface area contributed by atoms with Gasteiger partial charge in [-0.25, -0.2) is 4.98 Å². The van der Waals surface area contributed by atoms with Gasteiger partial charge in [0.25, 0.3) is 0 Å². The normalized spacial score (nSPS) is 12.3. The molecule has 0 spiro atoms. The molecule has 2 N–H and O–H groups in total. The van der Waals surface area contributed by atoms with Crippen molar-refractivity contribution in [3.63, 3.8) is 0 Å². The summed E-state index contributed by atoms with van der Waals surface area (Å²) in [6.45, 7) is 3.27. The molecule has 0 saturated heterocycles. The third-order valence-electron chi connectivity index (χ3n) is 3.76. The number of rotatable bonds is 6. The molecule has 2 aromatic carbocycles. The zero-order valence-corrected chi connectivity index (χ0v) is 13.9. The van der Waals surface area contributed by atoms with Crippen LogP contribution >= 0.6 is 11.3 Å². The van der Waals surface area contributed by atoms with Gasteiger partial charge in [0.1, 0.15) is 5.01 Å². The summed E-state index contributed by atoms with van der Waals surface area (Å²) in [6.07, 6.45) is 1.41. The largest absolute Gasteiger partial charge is 0.387 e. The van der Waals surface area contributed by atoms with E-state index in [1.165, 1.54) is 4.88 Å². The zero-order chi connectivity index (χ0) is 16.1. The molecule has 4 heteroatoms. The standard InChI is InChI=1S/C19H20N2OS/c1-14-7-5-6-10-17(14)18(22)13-20-11-16-12-21-19(23-16)15-8-3-2-4-9-15/h2-10,12,18,20,22H,11,13H2,1H3. The molecule has 0 aliphatic heterocycles. The number of aryl methyl sites for hydroxylation is 1. The lowest BCUT2D eigenvalue weighted by Crippen LogP contribution is -2.21. The first-order chi connectivity index (χ1) is 11.2. The van der Waals surface area contributed by atoms with E-state index < -0.39 is 6.10 Å². The van der Waals surface area contributed by atoms with Gasteiger partial charge in [0.15, 0.2) is 0 Å². The van der Waals surface area contributed by atoms with Crippen LogP contribution in [0.4, 0.5) is 0 Å². The predicted octanol–water partition coefficient (Wildman–Crippen LogP) is 3.94. The molecule has 1 atom stereocenters. The van der Waals surface area contributed by atoms with Gasteiger partial charge >= 0.3 is 0 Å². The SMILES string of the molecule is Cc1ccccc1C(O)CNCc1cnc(-c2ccccc2)s1. The lowest BCUT2D eigenvalue weighted by Gasteiger charge is -2.14. The van der Waals surface area contributed by atoms with E-state index in [0.717, 1.165) is 21.7 Å². The molecule has 1 aromatic heterocycles. The fraction of sp³-hybridized carbons (Fsp3) is 0.211. The number of hydrogen-bond donors (Lipinski definition) is 2. The number of benzene rings is 2. The minimum Gasteiger partial charge on any atom is -0.387 e. The van der Waals surface area contributed by atoms with Crippen LogP contribution in [0.5, 0.6) is 0 Å². The van der Waals surface area contributed by atoms with E-state index in [-0.39, 0.29) is 0 Å². The molecular formula is C19H20N2OS. The number of aliphatic hydroxyl groups excluding tert-OH is 1. The number of aliphatic hydroxyl groups is 1. The topological polar surface area (TPSA) is 45.1 Å². The third kappa shape index (κ3) is 4.05. The van der Waals surface area contributed by atoms with Crippen LogP contribution in [0.15, 0.2) is 60.8 Å². The highest BCUT2D eigenvalue weighted by Crippen LogP contribution is 2.24. The Morgan fingerprint density at radius 2 is 1.83 bits per heavy atom. The van der Waals surface area contributed by atoms with E-state index in [2.05, 4.69) is 22.4 Å². The van der Waals surface area contributed by atoms with Crippen LogP contribution < -0.4 is 5.32 Å². The maximum absolute atomic E-state index is 10.3. The Labute approximate surface area is 140 Å². The average Bonchev–Trinajstić information content (AvgIpc) is 3.05. The Balaban J connectivity index is 1.55. The number of thiazole rings is 1. The minimum absolute atomic E-state index is 0.488. The van der Waals surface area contributed by atoms with Crippen LogP contribution in [-0.2, 0) is 6.54 Å². The molecule has 0 aliphatic rings. The molecular weight excluding hydrogens is 304 g/mol. The monoisotopic (exact) mass is 324 g/mol. The van der Waals surface area contributed by atoms with E-state index in [9.17, 15) is 5.11 Å². The first-order valence-corrected chi connectivity index (χ1v) is 8.50. The second-order valence-corrected chi connectivity index (χ2v) is 6.62. The molecule has 0 fully saturated rings. The van der Waals surface area contributed by atoms with Crippen molar-refractivity contribution < 1.29 is 5.11 Å². The molecule has 0 radical (unpaired) electrons. The second-order valence-electron chi connectivity index (χ2n) is 5.50. The van der Waals surface area contributed by atoms with Crippen molar-refractivity contribution in [3.8, 4) is 10.6 Å². The highest BCUT2D eigenvalue weighted by Gasteiger charge is 2.10. The Morgan fingerprint density at radius 3 is 2.61 bits per heavy atom. The van der Waals surface area contributed by atoms with Gasteiger partial charge in [0.2, 0.25) is 0 Å². The molecule has 1 heterocycles. The fourth-order valence-electron chi connectivity index (χ4n) is 2.51. The van der Waals surface area contributed by atoms with Crippen molar-refractivity contribution in [2.24, 2.45) is 0 Å². The van der Waals surface area contributed by atoms with Crippen LogP contribution in [0.2, 0.25) is 0 Å². The fourth-order valence-corrected chi connectivity index (χ4v) is 3.39. The van der Waals surface area contributed by atoms with Crippen molar-refractivity contribution >= 4 is 11.3 Å². The summed E-state index contributed by atoms with van der Waals surface area (Å²) in [5, 5.41) is 14.6. The smallest absolute Gasteiger partial charge is 0.123 e. The maximum Gasteiger partial charge on any atom is 0.123 e. The summed E-state index contributed by atoms with van der Waals surface area (Å²) in [5.74, 6) is 0. The van der Waals surface area contributed by atoms with Gasteiger partial charge in [-0.2, -0.15) is 0 Å². The summed E-state index contributed by atoms with van der Waals surface area (Å²) in [7, 11) is 0. The first kappa shape index (κ1) is 15.9. The molecule has 118 valence electrons. The molecule has 0 saturated carbocycles. The highest BCUT2D eigenvalue weighted by molar-refractivity contribution is 7.15. The van der Waals surface area contributed by atoms with Crippen molar-refractivity contribution in [3.05, 3.63) is 76.8 Å². The summed E-state index contributed by atoms with van der Waals surface area (Å²) in [4.78, 5) is 5.64. The summed E-state index contributed by atoms with van der Waals surface area (Å²) in [5.41, 5.74) is 3.24. The summed E-state index contributed by atoms with van der Waals surface area (Å²) in [6, 6.07) is 18.1. The molecule has 1 unspecified atom stereocenters. The van der Waals surface area contributed by atoms with E-state index in [1.807, 2.05) is 55.6 Å². The van der Waals surface area contributed by atoms with Crippen molar-refractivity contribution in [2.75, 3.05) is 6.54 Å². The van der Waals surface area contributed by atoms with Crippen LogP contribution in [0.3, 0.4) is 0 Å². The lowest BCUT2D eigenvalue weighted by atomic mass is 10.0. The van der Waals surface area contributed by atoms with Gasteiger partial charge in [-0.1, -0.05) is 54.6 Å². The zero-order valence-electron chi connectivity index (χ0n) is 13.1. The van der Waals surface area contributed by atoms with Crippen molar-refractivity contribution in [1.29, 1.82) is 0 Å². The Hall–Kier alpha value is -2.01. The third-order valence-corrected chi connectivity index (χ3v) is 4.81. The van der Waals surface area contributed by atoms with Gasteiger partial charge in [-0.05, 0) is 18.1 Å². The molecule has 3 aromatic rings. The molecule has 23 heavy (non-hydrogen) atoms. The molecule has 3 rings (SSSR count). The predicted molar refractivity (Wildman–Crippen MR) is 95.4 cm³/mol. The van der Waals surface area contributed by atoms with Gasteiger partial charge in [0.05, 0.1) is 6.10 Å². The Morgan fingerprint density at radius 1 is 1.09 bits per heavy atom. The van der Waals surface area contributed by atoms with Crippen LogP contribution in [0.25, 0.3) is 10.6 Å². The van der Waals surface area contributed by atoms with Crippen molar-refractivity contribution in [2.45, 2.75) is 19.6 Å². The van der Waals surface area contributed by atoms with Crippen LogP contribution in [0.1, 0.15) is 22.1 Å². The van der Waals surface area contributed by atoms with Gasteiger partial charge in [0, 0.05) is 29.7 Å².